The number of nitrogen functional groups attached to an aromatic ring is 1. The van der Waals surface area contributed by atoms with E-state index in [1.54, 1.807) is 19.2 Å². The lowest BCUT2D eigenvalue weighted by atomic mass is 9.73. The minimum Gasteiger partial charge on any atom is -0.482 e. The predicted octanol–water partition coefficient (Wildman–Crippen LogP) is 6.92. The second-order valence-electron chi connectivity index (χ2n) is 11.2. The number of benzene rings is 2. The monoisotopic (exact) mass is 596 g/mol. The molecule has 41 heavy (non-hydrogen) atoms. The van der Waals surface area contributed by atoms with Crippen molar-refractivity contribution in [1.82, 2.24) is 9.88 Å². The van der Waals surface area contributed by atoms with Crippen LogP contribution in [0.1, 0.15) is 62.7 Å². The third kappa shape index (κ3) is 4.91. The number of pyridine rings is 1. The van der Waals surface area contributed by atoms with Gasteiger partial charge in [0.15, 0.2) is 11.6 Å². The average Bonchev–Trinajstić information content (AvgIpc) is 3.59. The van der Waals surface area contributed by atoms with Crippen molar-refractivity contribution in [2.24, 2.45) is 5.92 Å². The van der Waals surface area contributed by atoms with Gasteiger partial charge in [-0.05, 0) is 74.1 Å². The molecule has 1 atom stereocenters. The minimum atomic E-state index is -0.702. The van der Waals surface area contributed by atoms with E-state index in [-0.39, 0.29) is 33.6 Å². The van der Waals surface area contributed by atoms with Gasteiger partial charge in [-0.25, -0.2) is 9.37 Å². The van der Waals surface area contributed by atoms with Gasteiger partial charge in [-0.1, -0.05) is 42.1 Å². The van der Waals surface area contributed by atoms with Crippen molar-refractivity contribution in [1.29, 1.82) is 0 Å². The minimum absolute atomic E-state index is 0.0188. The normalized spacial score (nSPS) is 18.8. The summed E-state index contributed by atoms with van der Waals surface area (Å²) >= 11 is 12.5. The third-order valence-electron chi connectivity index (χ3n) is 8.86. The number of rotatable bonds is 5. The van der Waals surface area contributed by atoms with Crippen LogP contribution < -0.4 is 15.8 Å². The number of halogens is 3. The summed E-state index contributed by atoms with van der Waals surface area (Å²) < 4.78 is 20.2. The van der Waals surface area contributed by atoms with Gasteiger partial charge in [0.25, 0.3) is 0 Å². The number of carbonyl (C=O) groups is 2. The van der Waals surface area contributed by atoms with Crippen LogP contribution in [-0.4, -0.2) is 34.8 Å². The number of aromatic nitrogens is 1. The molecule has 1 saturated carbocycles. The fraction of sp³-hybridized carbons (Fsp3) is 0.387. The molecule has 2 aromatic carbocycles. The number of anilines is 2. The molecule has 3 aromatic rings. The van der Waals surface area contributed by atoms with Gasteiger partial charge in [-0.2, -0.15) is 0 Å². The van der Waals surface area contributed by atoms with Gasteiger partial charge in [0.1, 0.15) is 11.9 Å². The molecule has 2 amide bonds. The molecule has 3 N–H and O–H groups in total. The number of carbonyl (C=O) groups excluding carboxylic acids is 2. The lowest BCUT2D eigenvalue weighted by Gasteiger charge is -2.39. The molecular formula is C31H31Cl2FN4O3. The average molecular weight is 598 g/mol. The Labute approximate surface area is 248 Å². The molecule has 2 aliphatic heterocycles. The number of hydrogen-bond donors (Lipinski definition) is 2. The first-order valence-electron chi connectivity index (χ1n) is 14.0. The van der Waals surface area contributed by atoms with Crippen molar-refractivity contribution in [3.63, 3.8) is 0 Å². The summed E-state index contributed by atoms with van der Waals surface area (Å²) in [5.74, 6) is 0.221. The molecular weight excluding hydrogens is 566 g/mol. The van der Waals surface area contributed by atoms with Crippen molar-refractivity contribution in [2.75, 3.05) is 24.1 Å². The topological polar surface area (TPSA) is 97.5 Å². The van der Waals surface area contributed by atoms with Crippen molar-refractivity contribution in [3.05, 3.63) is 69.6 Å². The Morgan fingerprint density at radius 1 is 1.15 bits per heavy atom. The van der Waals surface area contributed by atoms with E-state index in [0.29, 0.717) is 37.2 Å². The second kappa shape index (κ2) is 10.8. The highest BCUT2D eigenvalue weighted by Gasteiger charge is 2.49. The molecule has 6 rings (SSSR count). The molecule has 1 spiro atoms. The zero-order chi connectivity index (χ0) is 28.9. The maximum absolute atomic E-state index is 14.1. The molecule has 3 aliphatic rings. The van der Waals surface area contributed by atoms with E-state index in [2.05, 4.69) is 10.3 Å². The van der Waals surface area contributed by atoms with Crippen LogP contribution in [-0.2, 0) is 15.0 Å². The lowest BCUT2D eigenvalue weighted by Crippen LogP contribution is -2.49. The lowest BCUT2D eigenvalue weighted by molar-refractivity contribution is -0.138. The van der Waals surface area contributed by atoms with Gasteiger partial charge in [-0.3, -0.25) is 9.59 Å². The summed E-state index contributed by atoms with van der Waals surface area (Å²) in [5, 5.41) is 3.23. The maximum Gasteiger partial charge on any atom is 0.235 e. The number of ether oxygens (including phenoxy) is 1. The van der Waals surface area contributed by atoms with Gasteiger partial charge in [0, 0.05) is 47.0 Å². The zero-order valence-electron chi connectivity index (χ0n) is 22.7. The number of hydrogen-bond acceptors (Lipinski definition) is 5. The number of nitrogens with zero attached hydrogens (tertiary/aromatic N) is 2. The van der Waals surface area contributed by atoms with Crippen LogP contribution in [0.15, 0.2) is 42.6 Å². The fourth-order valence-electron chi connectivity index (χ4n) is 6.50. The highest BCUT2D eigenvalue weighted by atomic mass is 35.5. The van der Waals surface area contributed by atoms with E-state index in [1.807, 2.05) is 23.1 Å². The summed E-state index contributed by atoms with van der Waals surface area (Å²) in [6.07, 6.45) is 6.27. The van der Waals surface area contributed by atoms with Crippen molar-refractivity contribution in [2.45, 2.75) is 57.0 Å². The van der Waals surface area contributed by atoms with Crippen LogP contribution in [0.25, 0.3) is 11.1 Å². The number of amides is 2. The molecule has 0 bridgehead atoms. The van der Waals surface area contributed by atoms with Crippen LogP contribution in [0.2, 0.25) is 10.0 Å². The Balaban J connectivity index is 1.26. The van der Waals surface area contributed by atoms with Gasteiger partial charge in [0.2, 0.25) is 11.8 Å². The van der Waals surface area contributed by atoms with Gasteiger partial charge in [-0.15, -0.1) is 0 Å². The standard InChI is InChI=1S/C31H31Cl2FN4O3/c1-17(26-22(32)7-8-23(34)27(26)33)41-25-15-20(16-36-28(25)35)19-6-9-24-21(14-19)31(30(40)37-24)10-12-38(13-11-31)29(39)18-4-2-3-5-18/h6-9,14-18H,2-5,10-13H2,1H3,(H2,35,36)(H,37,40)/t17-/m1/s1. The number of nitrogens with two attached hydrogens (primary N) is 1. The Morgan fingerprint density at radius 2 is 1.88 bits per heavy atom. The highest BCUT2D eigenvalue weighted by Crippen LogP contribution is 2.47. The molecule has 1 aromatic heterocycles. The van der Waals surface area contributed by atoms with E-state index in [9.17, 15) is 14.0 Å². The number of nitrogens with one attached hydrogen (secondary N) is 1. The second-order valence-corrected chi connectivity index (χ2v) is 12.0. The van der Waals surface area contributed by atoms with Crippen LogP contribution >= 0.6 is 23.2 Å². The van der Waals surface area contributed by atoms with E-state index in [0.717, 1.165) is 48.1 Å². The van der Waals surface area contributed by atoms with E-state index in [1.165, 1.54) is 12.1 Å². The molecule has 3 heterocycles. The highest BCUT2D eigenvalue weighted by molar-refractivity contribution is 6.36. The molecule has 1 aliphatic carbocycles. The SMILES string of the molecule is C[C@@H](Oc1cc(-c2ccc3c(c2)C2(CCN(C(=O)C4CCCC4)CC2)C(=O)N3)cnc1N)c1c(Cl)ccc(F)c1Cl. The Hall–Kier alpha value is -3.36. The third-order valence-corrected chi connectivity index (χ3v) is 9.57. The summed E-state index contributed by atoms with van der Waals surface area (Å²) in [7, 11) is 0. The Bertz CT molecular complexity index is 1530. The van der Waals surface area contributed by atoms with Gasteiger partial charge in [0.05, 0.1) is 10.4 Å². The molecule has 10 heteroatoms. The van der Waals surface area contributed by atoms with Crippen LogP contribution in [0.4, 0.5) is 15.9 Å². The smallest absolute Gasteiger partial charge is 0.235 e. The fourth-order valence-corrected chi connectivity index (χ4v) is 7.18. The molecule has 0 unspecified atom stereocenters. The molecule has 7 nitrogen and oxygen atoms in total. The molecule has 2 fully saturated rings. The summed E-state index contributed by atoms with van der Waals surface area (Å²) in [5.41, 5.74) is 9.08. The van der Waals surface area contributed by atoms with Crippen molar-refractivity contribution >= 4 is 46.5 Å². The van der Waals surface area contributed by atoms with Crippen LogP contribution in [0.3, 0.4) is 0 Å². The number of fused-ring (bicyclic) bond motifs is 2. The summed E-state index contributed by atoms with van der Waals surface area (Å²) in [4.78, 5) is 32.6. The molecule has 214 valence electrons. The Kier molecular flexibility index (Phi) is 7.32. The van der Waals surface area contributed by atoms with Crippen molar-refractivity contribution < 1.29 is 18.7 Å². The number of likely N-dealkylation sites (tertiary alicyclic amines) is 1. The van der Waals surface area contributed by atoms with Crippen LogP contribution in [0, 0.1) is 11.7 Å². The van der Waals surface area contributed by atoms with E-state index >= 15 is 0 Å². The molecule has 0 radical (unpaired) electrons. The Morgan fingerprint density at radius 3 is 2.61 bits per heavy atom. The summed E-state index contributed by atoms with van der Waals surface area (Å²) in [6.45, 7) is 2.84. The van der Waals surface area contributed by atoms with Gasteiger partial charge < -0.3 is 20.7 Å². The first-order chi connectivity index (χ1) is 19.7. The number of piperidine rings is 1. The largest absolute Gasteiger partial charge is 0.482 e. The van der Waals surface area contributed by atoms with Crippen LogP contribution in [0.5, 0.6) is 5.75 Å². The van der Waals surface area contributed by atoms with E-state index < -0.39 is 17.3 Å². The summed E-state index contributed by atoms with van der Waals surface area (Å²) in [6, 6.07) is 10.2. The predicted molar refractivity (Wildman–Crippen MR) is 158 cm³/mol. The first-order valence-corrected chi connectivity index (χ1v) is 14.7. The maximum atomic E-state index is 14.1. The van der Waals surface area contributed by atoms with E-state index in [4.69, 9.17) is 33.7 Å². The first kappa shape index (κ1) is 27.8. The van der Waals surface area contributed by atoms with Crippen molar-refractivity contribution in [3.8, 4) is 16.9 Å². The quantitative estimate of drug-likeness (QED) is 0.311. The van der Waals surface area contributed by atoms with Gasteiger partial charge >= 0.3 is 0 Å². The zero-order valence-corrected chi connectivity index (χ0v) is 24.2. The molecule has 1 saturated heterocycles.